The van der Waals surface area contributed by atoms with Gasteiger partial charge >= 0.3 is 0 Å². The molecule has 7 nitrogen and oxygen atoms in total. The molecule has 0 atom stereocenters. The van der Waals surface area contributed by atoms with Crippen LogP contribution in [-0.2, 0) is 31.2 Å². The van der Waals surface area contributed by atoms with E-state index in [-0.39, 0.29) is 5.91 Å². The molecule has 27 heavy (non-hydrogen) atoms. The van der Waals surface area contributed by atoms with Gasteiger partial charge in [-0.2, -0.15) is 10.4 Å². The molecule has 0 spiro atoms. The van der Waals surface area contributed by atoms with E-state index >= 15 is 0 Å². The molecule has 1 aliphatic heterocycles. The number of carbonyl (C=O) groups is 1. The maximum atomic E-state index is 12.8. The quantitative estimate of drug-likeness (QED) is 0.713. The number of fused-ring (bicyclic) bond motifs is 1. The van der Waals surface area contributed by atoms with Gasteiger partial charge in [-0.1, -0.05) is 12.1 Å². The second-order valence-corrected chi connectivity index (χ2v) is 6.60. The number of amides is 1. The summed E-state index contributed by atoms with van der Waals surface area (Å²) in [5.41, 5.74) is 5.25. The SMILES string of the molecule is Cn1cc(-c2ncnc3c2CN(C(=O)Cc2ccc(C#N)cc2)CC3)cn1. The van der Waals surface area contributed by atoms with E-state index in [2.05, 4.69) is 21.1 Å². The van der Waals surface area contributed by atoms with Crippen molar-refractivity contribution in [2.75, 3.05) is 6.54 Å². The zero-order valence-corrected chi connectivity index (χ0v) is 15.0. The third-order valence-electron chi connectivity index (χ3n) is 4.77. The molecule has 4 rings (SSSR count). The Morgan fingerprint density at radius 3 is 2.78 bits per heavy atom. The summed E-state index contributed by atoms with van der Waals surface area (Å²) in [6, 6.07) is 9.23. The zero-order valence-electron chi connectivity index (χ0n) is 15.0. The van der Waals surface area contributed by atoms with Crippen molar-refractivity contribution in [1.29, 1.82) is 5.26 Å². The third kappa shape index (κ3) is 3.42. The zero-order chi connectivity index (χ0) is 18.8. The van der Waals surface area contributed by atoms with Crippen LogP contribution in [0.5, 0.6) is 0 Å². The molecule has 0 saturated heterocycles. The predicted molar refractivity (Wildman–Crippen MR) is 98.2 cm³/mol. The average molecular weight is 358 g/mol. The molecule has 3 aromatic rings. The number of carbonyl (C=O) groups excluding carboxylic acids is 1. The summed E-state index contributed by atoms with van der Waals surface area (Å²) in [7, 11) is 1.87. The van der Waals surface area contributed by atoms with Crippen molar-refractivity contribution in [3.05, 3.63) is 65.4 Å². The maximum absolute atomic E-state index is 12.8. The van der Waals surface area contributed by atoms with E-state index in [1.54, 1.807) is 29.3 Å². The molecular formula is C20H18N6O. The monoisotopic (exact) mass is 358 g/mol. The first-order chi connectivity index (χ1) is 13.1. The van der Waals surface area contributed by atoms with E-state index in [9.17, 15) is 4.79 Å². The Labute approximate surface area is 156 Å². The molecular weight excluding hydrogens is 340 g/mol. The summed E-state index contributed by atoms with van der Waals surface area (Å²) in [5.74, 6) is 0.0614. The van der Waals surface area contributed by atoms with Gasteiger partial charge in [0.2, 0.25) is 5.91 Å². The van der Waals surface area contributed by atoms with Crippen LogP contribution in [0.3, 0.4) is 0 Å². The number of nitriles is 1. The van der Waals surface area contributed by atoms with Gasteiger partial charge in [-0.15, -0.1) is 0 Å². The number of hydrogen-bond acceptors (Lipinski definition) is 5. The summed E-state index contributed by atoms with van der Waals surface area (Å²) in [5, 5.41) is 13.1. The molecule has 0 fully saturated rings. The predicted octanol–water partition coefficient (Wildman–Crippen LogP) is 1.88. The Kier molecular flexibility index (Phi) is 4.38. The number of aromatic nitrogens is 4. The lowest BCUT2D eigenvalue weighted by Gasteiger charge is -2.29. The number of nitrogens with zero attached hydrogens (tertiary/aromatic N) is 6. The fourth-order valence-corrected chi connectivity index (χ4v) is 3.33. The van der Waals surface area contributed by atoms with E-state index in [1.165, 1.54) is 0 Å². The Balaban J connectivity index is 1.55. The molecule has 0 saturated carbocycles. The van der Waals surface area contributed by atoms with Crippen LogP contribution in [0.2, 0.25) is 0 Å². The molecule has 1 aliphatic rings. The summed E-state index contributed by atoms with van der Waals surface area (Å²) < 4.78 is 1.74. The van der Waals surface area contributed by atoms with Crippen LogP contribution in [0.15, 0.2) is 43.0 Å². The molecule has 7 heteroatoms. The smallest absolute Gasteiger partial charge is 0.227 e. The van der Waals surface area contributed by atoms with Crippen molar-refractivity contribution < 1.29 is 4.79 Å². The van der Waals surface area contributed by atoms with Crippen molar-refractivity contribution in [3.8, 4) is 17.3 Å². The molecule has 0 bridgehead atoms. The normalized spacial score (nSPS) is 13.1. The molecule has 2 aromatic heterocycles. The lowest BCUT2D eigenvalue weighted by atomic mass is 10.00. The molecule has 0 aliphatic carbocycles. The summed E-state index contributed by atoms with van der Waals surface area (Å²) in [4.78, 5) is 23.5. The first-order valence-electron chi connectivity index (χ1n) is 8.72. The van der Waals surface area contributed by atoms with Crippen LogP contribution < -0.4 is 0 Å². The first-order valence-corrected chi connectivity index (χ1v) is 8.72. The summed E-state index contributed by atoms with van der Waals surface area (Å²) in [6.45, 7) is 1.14. The van der Waals surface area contributed by atoms with Crippen LogP contribution >= 0.6 is 0 Å². The highest BCUT2D eigenvalue weighted by atomic mass is 16.2. The highest BCUT2D eigenvalue weighted by molar-refractivity contribution is 5.79. The molecule has 1 aromatic carbocycles. The second kappa shape index (κ2) is 7.00. The standard InChI is InChI=1S/C20H18N6O/c1-25-11-16(10-24-25)20-17-12-26(7-6-18(17)22-13-23-20)19(27)8-14-2-4-15(9-21)5-3-14/h2-5,10-11,13H,6-8,12H2,1H3. The molecule has 0 radical (unpaired) electrons. The maximum Gasteiger partial charge on any atom is 0.227 e. The van der Waals surface area contributed by atoms with Gasteiger partial charge in [-0.3, -0.25) is 9.48 Å². The van der Waals surface area contributed by atoms with Crippen LogP contribution in [0.25, 0.3) is 11.3 Å². The van der Waals surface area contributed by atoms with Gasteiger partial charge in [0.05, 0.1) is 35.6 Å². The number of benzene rings is 1. The van der Waals surface area contributed by atoms with E-state index in [0.29, 0.717) is 31.5 Å². The highest BCUT2D eigenvalue weighted by Gasteiger charge is 2.25. The van der Waals surface area contributed by atoms with Crippen molar-refractivity contribution in [1.82, 2.24) is 24.6 Å². The van der Waals surface area contributed by atoms with E-state index in [4.69, 9.17) is 5.26 Å². The Hall–Kier alpha value is -3.53. The third-order valence-corrected chi connectivity index (χ3v) is 4.77. The van der Waals surface area contributed by atoms with Gasteiger partial charge in [0.15, 0.2) is 0 Å². The minimum Gasteiger partial charge on any atom is -0.338 e. The lowest BCUT2D eigenvalue weighted by Crippen LogP contribution is -2.37. The van der Waals surface area contributed by atoms with Gasteiger partial charge in [0.1, 0.15) is 6.33 Å². The van der Waals surface area contributed by atoms with Crippen LogP contribution in [0.1, 0.15) is 22.4 Å². The van der Waals surface area contributed by atoms with Gasteiger partial charge in [0, 0.05) is 43.9 Å². The topological polar surface area (TPSA) is 87.7 Å². The average Bonchev–Trinajstić information content (AvgIpc) is 3.13. The number of hydrogen-bond donors (Lipinski definition) is 0. The van der Waals surface area contributed by atoms with Crippen molar-refractivity contribution in [3.63, 3.8) is 0 Å². The van der Waals surface area contributed by atoms with Crippen molar-refractivity contribution in [2.24, 2.45) is 7.05 Å². The van der Waals surface area contributed by atoms with Crippen LogP contribution in [0, 0.1) is 11.3 Å². The minimum atomic E-state index is 0.0614. The van der Waals surface area contributed by atoms with E-state index in [1.807, 2.05) is 30.3 Å². The number of rotatable bonds is 3. The van der Waals surface area contributed by atoms with Crippen LogP contribution in [0.4, 0.5) is 0 Å². The largest absolute Gasteiger partial charge is 0.338 e. The van der Waals surface area contributed by atoms with Crippen LogP contribution in [-0.4, -0.2) is 37.1 Å². The molecule has 3 heterocycles. The lowest BCUT2D eigenvalue weighted by molar-refractivity contribution is -0.131. The van der Waals surface area contributed by atoms with Gasteiger partial charge in [0.25, 0.3) is 0 Å². The van der Waals surface area contributed by atoms with E-state index < -0.39 is 0 Å². The van der Waals surface area contributed by atoms with E-state index in [0.717, 1.165) is 28.1 Å². The molecule has 0 unspecified atom stereocenters. The Morgan fingerprint density at radius 1 is 1.26 bits per heavy atom. The fraction of sp³-hybridized carbons (Fsp3) is 0.250. The second-order valence-electron chi connectivity index (χ2n) is 6.60. The van der Waals surface area contributed by atoms with Gasteiger partial charge < -0.3 is 4.90 Å². The molecule has 134 valence electrons. The minimum absolute atomic E-state index is 0.0614. The summed E-state index contributed by atoms with van der Waals surface area (Å²) in [6.07, 6.45) is 6.30. The number of aryl methyl sites for hydroxylation is 1. The fourth-order valence-electron chi connectivity index (χ4n) is 3.33. The Bertz CT molecular complexity index is 1030. The van der Waals surface area contributed by atoms with Crippen molar-refractivity contribution >= 4 is 5.91 Å². The van der Waals surface area contributed by atoms with Gasteiger partial charge in [-0.25, -0.2) is 9.97 Å². The molecule has 0 N–H and O–H groups in total. The Morgan fingerprint density at radius 2 is 2.07 bits per heavy atom. The van der Waals surface area contributed by atoms with Gasteiger partial charge in [-0.05, 0) is 17.7 Å². The molecule has 1 amide bonds. The highest BCUT2D eigenvalue weighted by Crippen LogP contribution is 2.27. The first kappa shape index (κ1) is 16.9. The van der Waals surface area contributed by atoms with Crippen molar-refractivity contribution in [2.45, 2.75) is 19.4 Å². The summed E-state index contributed by atoms with van der Waals surface area (Å²) >= 11 is 0.